The number of Topliss-reactive ketones (excluding diaryl/α,β-unsaturated/α-hetero) is 1. The Hall–Kier alpha value is -0.410. The number of hydrogen-bond donors (Lipinski definition) is 2. The minimum absolute atomic E-state index is 0.00694. The summed E-state index contributed by atoms with van der Waals surface area (Å²) in [6.07, 6.45) is 3.05. The average molecular weight is 197 g/mol. The van der Waals surface area contributed by atoms with Gasteiger partial charge in [0, 0.05) is 5.92 Å². The fourth-order valence-electron chi connectivity index (χ4n) is 3.33. The molecule has 0 spiro atoms. The average Bonchev–Trinajstić information content (AvgIpc) is 1.96. The Kier molecular flexibility index (Phi) is 2.02. The minimum Gasteiger partial charge on any atom is -0.390 e. The molecule has 2 aliphatic rings. The molecule has 0 aromatic carbocycles. The lowest BCUT2D eigenvalue weighted by Crippen LogP contribution is -2.57. The Bertz CT molecular complexity index is 270. The zero-order valence-corrected chi connectivity index (χ0v) is 8.92. The van der Waals surface area contributed by atoms with E-state index in [0.29, 0.717) is 12.3 Å². The van der Waals surface area contributed by atoms with Gasteiger partial charge in [0.05, 0.1) is 11.1 Å². The maximum atomic E-state index is 11.9. The van der Waals surface area contributed by atoms with Crippen LogP contribution in [0.2, 0.25) is 0 Å². The molecule has 0 amide bonds. The van der Waals surface area contributed by atoms with E-state index in [4.69, 9.17) is 5.73 Å². The number of rotatable bonds is 0. The van der Waals surface area contributed by atoms with Crippen molar-refractivity contribution in [1.29, 1.82) is 0 Å². The third-order valence-corrected chi connectivity index (χ3v) is 3.68. The highest BCUT2D eigenvalue weighted by Gasteiger charge is 2.49. The largest absolute Gasteiger partial charge is 0.390 e. The van der Waals surface area contributed by atoms with E-state index >= 15 is 0 Å². The van der Waals surface area contributed by atoms with Crippen molar-refractivity contribution in [3.63, 3.8) is 0 Å². The third kappa shape index (κ3) is 1.59. The molecule has 0 aromatic rings. The summed E-state index contributed by atoms with van der Waals surface area (Å²) in [5.41, 5.74) is 4.67. The summed E-state index contributed by atoms with van der Waals surface area (Å²) in [4.78, 5) is 11.9. The molecule has 2 saturated carbocycles. The minimum atomic E-state index is -0.653. The van der Waals surface area contributed by atoms with Gasteiger partial charge in [-0.15, -0.1) is 0 Å². The van der Waals surface area contributed by atoms with Gasteiger partial charge in [-0.2, -0.15) is 0 Å². The molecule has 0 aliphatic heterocycles. The van der Waals surface area contributed by atoms with E-state index in [0.717, 1.165) is 19.3 Å². The van der Waals surface area contributed by atoms with Gasteiger partial charge in [0.25, 0.3) is 0 Å². The fourth-order valence-corrected chi connectivity index (χ4v) is 3.33. The highest BCUT2D eigenvalue weighted by atomic mass is 16.3. The standard InChI is InChI=1S/C11H19NO2/c1-10(14)4-7-3-8(6-10)9(13)11(2,12)5-7/h7-8,14H,3-6,12H2,1-2H3. The molecule has 0 radical (unpaired) electrons. The zero-order valence-electron chi connectivity index (χ0n) is 8.92. The Morgan fingerprint density at radius 3 is 2.64 bits per heavy atom. The summed E-state index contributed by atoms with van der Waals surface area (Å²) in [5, 5.41) is 9.98. The van der Waals surface area contributed by atoms with Gasteiger partial charge in [-0.05, 0) is 45.4 Å². The number of hydrogen-bond acceptors (Lipinski definition) is 3. The molecule has 4 atom stereocenters. The van der Waals surface area contributed by atoms with Crippen LogP contribution in [0, 0.1) is 11.8 Å². The summed E-state index contributed by atoms with van der Waals surface area (Å²) >= 11 is 0. The second kappa shape index (κ2) is 2.80. The summed E-state index contributed by atoms with van der Waals surface area (Å²) < 4.78 is 0. The molecule has 14 heavy (non-hydrogen) atoms. The Morgan fingerprint density at radius 1 is 1.36 bits per heavy atom. The Balaban J connectivity index is 2.23. The van der Waals surface area contributed by atoms with Crippen molar-refractivity contribution in [2.24, 2.45) is 17.6 Å². The van der Waals surface area contributed by atoms with Crippen molar-refractivity contribution in [2.45, 2.75) is 50.7 Å². The number of fused-ring (bicyclic) bond motifs is 2. The Morgan fingerprint density at radius 2 is 2.00 bits per heavy atom. The molecule has 2 aliphatic carbocycles. The molecule has 0 saturated heterocycles. The first-order chi connectivity index (χ1) is 6.30. The van der Waals surface area contributed by atoms with Crippen molar-refractivity contribution < 1.29 is 9.90 Å². The summed E-state index contributed by atoms with van der Waals surface area (Å²) in [6.45, 7) is 3.66. The van der Waals surface area contributed by atoms with E-state index in [2.05, 4.69) is 0 Å². The molecular weight excluding hydrogens is 178 g/mol. The van der Waals surface area contributed by atoms with Crippen molar-refractivity contribution in [2.75, 3.05) is 0 Å². The lowest BCUT2D eigenvalue weighted by molar-refractivity contribution is -0.140. The molecule has 0 aromatic heterocycles. The van der Waals surface area contributed by atoms with Gasteiger partial charge in [-0.1, -0.05) is 0 Å². The first-order valence-corrected chi connectivity index (χ1v) is 5.36. The molecule has 3 nitrogen and oxygen atoms in total. The van der Waals surface area contributed by atoms with Crippen LogP contribution in [0.15, 0.2) is 0 Å². The molecule has 2 fully saturated rings. The smallest absolute Gasteiger partial charge is 0.155 e. The number of ketones is 1. The van der Waals surface area contributed by atoms with Gasteiger partial charge >= 0.3 is 0 Å². The lowest BCUT2D eigenvalue weighted by atomic mass is 9.61. The fraction of sp³-hybridized carbons (Fsp3) is 0.909. The van der Waals surface area contributed by atoms with Crippen molar-refractivity contribution in [1.82, 2.24) is 0 Å². The predicted molar refractivity (Wildman–Crippen MR) is 53.7 cm³/mol. The highest BCUT2D eigenvalue weighted by Crippen LogP contribution is 2.45. The van der Waals surface area contributed by atoms with E-state index in [1.54, 1.807) is 0 Å². The summed E-state index contributed by atoms with van der Waals surface area (Å²) in [7, 11) is 0. The lowest BCUT2D eigenvalue weighted by Gasteiger charge is -2.47. The molecule has 2 rings (SSSR count). The normalized spacial score (nSPS) is 53.3. The van der Waals surface area contributed by atoms with E-state index in [1.165, 1.54) is 0 Å². The molecule has 3 heteroatoms. The zero-order chi connectivity index (χ0) is 10.6. The second-order valence-corrected chi connectivity index (χ2v) is 5.69. The van der Waals surface area contributed by atoms with Crippen molar-refractivity contribution in [3.05, 3.63) is 0 Å². The van der Waals surface area contributed by atoms with Gasteiger partial charge in [0.1, 0.15) is 0 Å². The number of nitrogens with two attached hydrogens (primary N) is 1. The van der Waals surface area contributed by atoms with E-state index in [9.17, 15) is 9.90 Å². The molecular formula is C11H19NO2. The summed E-state index contributed by atoms with van der Waals surface area (Å²) in [6, 6.07) is 0. The number of carbonyl (C=O) groups is 1. The van der Waals surface area contributed by atoms with Crippen LogP contribution in [0.1, 0.15) is 39.5 Å². The highest BCUT2D eigenvalue weighted by molar-refractivity contribution is 5.90. The Labute approximate surface area is 84.7 Å². The molecule has 4 unspecified atom stereocenters. The SMILES string of the molecule is CC1(O)CC2CC(C1)C(=O)C(C)(N)C2. The van der Waals surface area contributed by atoms with Crippen LogP contribution in [0.3, 0.4) is 0 Å². The van der Waals surface area contributed by atoms with Crippen molar-refractivity contribution in [3.8, 4) is 0 Å². The quantitative estimate of drug-likeness (QED) is 0.605. The molecule has 80 valence electrons. The topological polar surface area (TPSA) is 63.3 Å². The number of carbonyl (C=O) groups excluding carboxylic acids is 1. The summed E-state index contributed by atoms with van der Waals surface area (Å²) in [5.74, 6) is 0.567. The maximum absolute atomic E-state index is 11.9. The molecule has 2 bridgehead atoms. The van der Waals surface area contributed by atoms with Crippen LogP contribution in [-0.4, -0.2) is 22.0 Å². The number of aliphatic hydroxyl groups is 1. The van der Waals surface area contributed by atoms with Crippen molar-refractivity contribution >= 4 is 5.78 Å². The second-order valence-electron chi connectivity index (χ2n) is 5.69. The van der Waals surface area contributed by atoms with Gasteiger partial charge in [-0.25, -0.2) is 0 Å². The third-order valence-electron chi connectivity index (χ3n) is 3.68. The van der Waals surface area contributed by atoms with Crippen LogP contribution in [0.25, 0.3) is 0 Å². The van der Waals surface area contributed by atoms with Crippen LogP contribution in [0.5, 0.6) is 0 Å². The van der Waals surface area contributed by atoms with Crippen LogP contribution in [-0.2, 0) is 4.79 Å². The maximum Gasteiger partial charge on any atom is 0.155 e. The van der Waals surface area contributed by atoms with Crippen LogP contribution < -0.4 is 5.73 Å². The first-order valence-electron chi connectivity index (χ1n) is 5.36. The van der Waals surface area contributed by atoms with Gasteiger partial charge in [0.15, 0.2) is 5.78 Å². The van der Waals surface area contributed by atoms with Crippen LogP contribution >= 0.6 is 0 Å². The van der Waals surface area contributed by atoms with E-state index < -0.39 is 11.1 Å². The van der Waals surface area contributed by atoms with Gasteiger partial charge in [-0.3, -0.25) is 4.79 Å². The molecule has 3 N–H and O–H groups in total. The molecule has 0 heterocycles. The van der Waals surface area contributed by atoms with E-state index in [1.807, 2.05) is 13.8 Å². The monoisotopic (exact) mass is 197 g/mol. The van der Waals surface area contributed by atoms with E-state index in [-0.39, 0.29) is 11.7 Å². The van der Waals surface area contributed by atoms with Gasteiger partial charge < -0.3 is 10.8 Å². The predicted octanol–water partition coefficient (Wildman–Crippen LogP) is 0.844. The van der Waals surface area contributed by atoms with Crippen LogP contribution in [0.4, 0.5) is 0 Å². The first kappa shape index (κ1) is 10.1. The van der Waals surface area contributed by atoms with Gasteiger partial charge in [0.2, 0.25) is 0 Å².